The highest BCUT2D eigenvalue weighted by molar-refractivity contribution is 5.54. The number of phenols is 2. The van der Waals surface area contributed by atoms with Gasteiger partial charge in [-0.2, -0.15) is 0 Å². The molecule has 27 heavy (non-hydrogen) atoms. The van der Waals surface area contributed by atoms with E-state index in [4.69, 9.17) is 33.2 Å². The predicted molar refractivity (Wildman–Crippen MR) is 94.9 cm³/mol. The lowest BCUT2D eigenvalue weighted by Crippen LogP contribution is -2.15. The number of hydrogen-bond donors (Lipinski definition) is 2. The van der Waals surface area contributed by atoms with Crippen molar-refractivity contribution in [2.24, 2.45) is 0 Å². The number of rotatable bonds is 0. The Balaban J connectivity index is 1.83. The Morgan fingerprint density at radius 1 is 0.481 bits per heavy atom. The van der Waals surface area contributed by atoms with Gasteiger partial charge in [-0.1, -0.05) is 0 Å². The molecule has 0 atom stereocenters. The largest absolute Gasteiger partial charge is 0.508 e. The minimum Gasteiger partial charge on any atom is -0.508 e. The number of fused-ring (bicyclic) bond motifs is 2. The zero-order chi connectivity index (χ0) is 19.2. The van der Waals surface area contributed by atoms with Crippen LogP contribution in [-0.2, 0) is 23.7 Å². The highest BCUT2D eigenvalue weighted by Crippen LogP contribution is 2.39. The summed E-state index contributed by atoms with van der Waals surface area (Å²) in [4.78, 5) is 0. The van der Waals surface area contributed by atoms with Crippen molar-refractivity contribution in [1.82, 2.24) is 0 Å². The second-order valence-electron chi connectivity index (χ2n) is 5.55. The Bertz CT molecular complexity index is 483. The quantitative estimate of drug-likeness (QED) is 0.629. The number of aromatic hydroxyl groups is 2. The Hall–Kier alpha value is -1.78. The summed E-state index contributed by atoms with van der Waals surface area (Å²) in [6.45, 7) is 4.78. The first-order valence-electron chi connectivity index (χ1n) is 8.97. The fraction of sp³-hybridized carbons (Fsp3) is 0.667. The second-order valence-corrected chi connectivity index (χ2v) is 5.55. The fourth-order valence-corrected chi connectivity index (χ4v) is 2.19. The van der Waals surface area contributed by atoms with Crippen molar-refractivity contribution >= 4 is 0 Å². The smallest absolute Gasteiger partial charge is 0.201 e. The summed E-state index contributed by atoms with van der Waals surface area (Å²) in [5.41, 5.74) is 0. The van der Waals surface area contributed by atoms with Crippen LogP contribution in [0.4, 0.5) is 0 Å². The molecule has 1 aliphatic rings. The Kier molecular flexibility index (Phi) is 10.7. The van der Waals surface area contributed by atoms with Gasteiger partial charge in [-0.25, -0.2) is 0 Å². The summed E-state index contributed by atoms with van der Waals surface area (Å²) in [5.74, 6) is -0.00311. The van der Waals surface area contributed by atoms with Gasteiger partial charge in [0.1, 0.15) is 19.0 Å². The molecule has 0 amide bonds. The topological polar surface area (TPSA) is 105 Å². The molecular formula is C18H28O9. The van der Waals surface area contributed by atoms with Gasteiger partial charge >= 0.3 is 0 Å². The van der Waals surface area contributed by atoms with Crippen LogP contribution in [0.1, 0.15) is 0 Å². The van der Waals surface area contributed by atoms with Crippen LogP contribution in [0.25, 0.3) is 0 Å². The van der Waals surface area contributed by atoms with E-state index in [-0.39, 0.29) is 36.2 Å². The number of ether oxygens (including phenoxy) is 7. The van der Waals surface area contributed by atoms with Gasteiger partial charge in [-0.05, 0) is 0 Å². The van der Waals surface area contributed by atoms with Crippen molar-refractivity contribution in [3.63, 3.8) is 0 Å². The van der Waals surface area contributed by atoms with Gasteiger partial charge in [-0.15, -0.1) is 0 Å². The molecule has 0 saturated heterocycles. The van der Waals surface area contributed by atoms with E-state index in [0.717, 1.165) is 0 Å². The van der Waals surface area contributed by atoms with Crippen LogP contribution < -0.4 is 9.47 Å². The molecule has 0 saturated carbocycles. The number of hydrogen-bond acceptors (Lipinski definition) is 9. The first-order valence-corrected chi connectivity index (χ1v) is 8.97. The molecule has 2 bridgehead atoms. The fourth-order valence-electron chi connectivity index (χ4n) is 2.19. The zero-order valence-corrected chi connectivity index (χ0v) is 15.4. The third kappa shape index (κ3) is 9.12. The van der Waals surface area contributed by atoms with Crippen LogP contribution >= 0.6 is 0 Å². The molecule has 0 spiro atoms. The second kappa shape index (κ2) is 13.4. The molecule has 9 nitrogen and oxygen atoms in total. The first kappa shape index (κ1) is 21.5. The Labute approximate surface area is 158 Å². The van der Waals surface area contributed by atoms with E-state index < -0.39 is 0 Å². The van der Waals surface area contributed by atoms with E-state index in [9.17, 15) is 10.2 Å². The molecule has 0 fully saturated rings. The summed E-state index contributed by atoms with van der Waals surface area (Å²) in [6, 6.07) is 2.63. The summed E-state index contributed by atoms with van der Waals surface area (Å²) in [5, 5.41) is 20.0. The molecule has 2 N–H and O–H groups in total. The monoisotopic (exact) mass is 388 g/mol. The van der Waals surface area contributed by atoms with Crippen molar-refractivity contribution in [2.75, 3.05) is 79.3 Å². The minimum absolute atomic E-state index is 0.0712. The highest BCUT2D eigenvalue weighted by atomic mass is 16.6. The Morgan fingerprint density at radius 2 is 0.778 bits per heavy atom. The van der Waals surface area contributed by atoms with Gasteiger partial charge in [-0.3, -0.25) is 0 Å². The third-order valence-corrected chi connectivity index (χ3v) is 3.48. The van der Waals surface area contributed by atoms with Crippen molar-refractivity contribution < 1.29 is 43.4 Å². The molecule has 0 radical (unpaired) electrons. The zero-order valence-electron chi connectivity index (χ0n) is 15.4. The van der Waals surface area contributed by atoms with E-state index in [1.807, 2.05) is 0 Å². The van der Waals surface area contributed by atoms with E-state index in [1.54, 1.807) is 0 Å². The molecule has 0 aromatic heterocycles. The standard InChI is InChI=1S/C18H28O9/c19-15-13-16-18(20)17(14-15)27-12-10-25-8-6-23-4-2-21-1-3-22-5-7-24-9-11-26-16/h13-14,19-20H,1-12H2. The molecule has 1 heterocycles. The minimum atomic E-state index is -0.179. The summed E-state index contributed by atoms with van der Waals surface area (Å²) in [7, 11) is 0. The normalized spacial score (nSPS) is 19.7. The molecule has 0 unspecified atom stereocenters. The lowest BCUT2D eigenvalue weighted by molar-refractivity contribution is -0.0145. The SMILES string of the molecule is Oc1cc2c(O)c(c1)OCCOCCOCCOCCOCCOCCO2. The molecule has 0 aliphatic carbocycles. The maximum absolute atomic E-state index is 10.2. The van der Waals surface area contributed by atoms with Gasteiger partial charge in [0.15, 0.2) is 11.5 Å². The summed E-state index contributed by atoms with van der Waals surface area (Å²) in [6.07, 6.45) is 0. The van der Waals surface area contributed by atoms with Gasteiger partial charge in [0, 0.05) is 12.1 Å². The van der Waals surface area contributed by atoms with Crippen molar-refractivity contribution in [3.8, 4) is 23.0 Å². The van der Waals surface area contributed by atoms with Gasteiger partial charge < -0.3 is 43.4 Å². The summed E-state index contributed by atoms with van der Waals surface area (Å²) >= 11 is 0. The van der Waals surface area contributed by atoms with Crippen LogP contribution in [0.15, 0.2) is 12.1 Å². The van der Waals surface area contributed by atoms with Crippen LogP contribution in [0.3, 0.4) is 0 Å². The van der Waals surface area contributed by atoms with Gasteiger partial charge in [0.2, 0.25) is 5.75 Å². The lowest BCUT2D eigenvalue weighted by Gasteiger charge is -2.14. The van der Waals surface area contributed by atoms with Crippen LogP contribution in [0.5, 0.6) is 23.0 Å². The molecular weight excluding hydrogens is 360 g/mol. The molecule has 1 aromatic rings. The maximum Gasteiger partial charge on any atom is 0.201 e. The van der Waals surface area contributed by atoms with E-state index in [2.05, 4.69) is 0 Å². The lowest BCUT2D eigenvalue weighted by atomic mass is 10.2. The van der Waals surface area contributed by atoms with E-state index in [0.29, 0.717) is 66.1 Å². The van der Waals surface area contributed by atoms with E-state index >= 15 is 0 Å². The average molecular weight is 388 g/mol. The van der Waals surface area contributed by atoms with Gasteiger partial charge in [0.25, 0.3) is 0 Å². The number of benzene rings is 1. The van der Waals surface area contributed by atoms with E-state index in [1.165, 1.54) is 12.1 Å². The third-order valence-electron chi connectivity index (χ3n) is 3.48. The van der Waals surface area contributed by atoms with Gasteiger partial charge in [0.05, 0.1) is 66.1 Å². The molecule has 2 rings (SSSR count). The van der Waals surface area contributed by atoms with Crippen molar-refractivity contribution in [2.45, 2.75) is 0 Å². The van der Waals surface area contributed by atoms with Crippen LogP contribution in [-0.4, -0.2) is 89.5 Å². The van der Waals surface area contributed by atoms with Crippen molar-refractivity contribution in [1.29, 1.82) is 0 Å². The number of phenolic OH excluding ortho intramolecular Hbond substituents is 2. The molecule has 1 aromatic carbocycles. The highest BCUT2D eigenvalue weighted by Gasteiger charge is 2.12. The van der Waals surface area contributed by atoms with Crippen molar-refractivity contribution in [3.05, 3.63) is 12.1 Å². The van der Waals surface area contributed by atoms with Crippen LogP contribution in [0, 0.1) is 0 Å². The molecule has 1 aliphatic heterocycles. The summed E-state index contributed by atoms with van der Waals surface area (Å²) < 4.78 is 37.8. The Morgan fingerprint density at radius 3 is 1.11 bits per heavy atom. The average Bonchev–Trinajstić information content (AvgIpc) is 2.66. The first-order chi connectivity index (χ1) is 13.3. The predicted octanol–water partition coefficient (Wildman–Crippen LogP) is 0.952. The molecule has 9 heteroatoms. The maximum atomic E-state index is 10.2. The van der Waals surface area contributed by atoms with Crippen LogP contribution in [0.2, 0.25) is 0 Å². The molecule has 154 valence electrons.